The van der Waals surface area contributed by atoms with E-state index in [0.29, 0.717) is 6.42 Å². The third-order valence-electron chi connectivity index (χ3n) is 5.95. The number of hydrogen-bond acceptors (Lipinski definition) is 3. The Kier molecular flexibility index (Phi) is 7.18. The number of benzene rings is 1. The fraction of sp³-hybridized carbons (Fsp3) is 0.636. The molecule has 2 N–H and O–H groups in total. The Bertz CT molecular complexity index is 664. The molecule has 0 radical (unpaired) electrons. The van der Waals surface area contributed by atoms with Crippen LogP contribution in [-0.4, -0.2) is 56.0 Å². The third kappa shape index (κ3) is 5.40. The van der Waals surface area contributed by atoms with Gasteiger partial charge in [0.1, 0.15) is 0 Å². The highest BCUT2D eigenvalue weighted by Gasteiger charge is 2.25. The number of carbonyl (C=O) groups is 1. The first-order valence-corrected chi connectivity index (χ1v) is 10.7. The number of nitrogens with zero attached hydrogens (tertiary/aromatic N) is 3. The van der Waals surface area contributed by atoms with Crippen molar-refractivity contribution in [2.45, 2.75) is 52.1 Å². The van der Waals surface area contributed by atoms with Crippen molar-refractivity contribution in [2.75, 3.05) is 38.1 Å². The second-order valence-electron chi connectivity index (χ2n) is 8.09. The van der Waals surface area contributed by atoms with E-state index in [4.69, 9.17) is 0 Å². The van der Waals surface area contributed by atoms with Crippen molar-refractivity contribution < 1.29 is 4.79 Å². The summed E-state index contributed by atoms with van der Waals surface area (Å²) in [5.41, 5.74) is 2.57. The minimum absolute atomic E-state index is 0.232. The van der Waals surface area contributed by atoms with Gasteiger partial charge in [-0.15, -0.1) is 0 Å². The molecular weight excluding hydrogens is 350 g/mol. The number of piperidine rings is 1. The van der Waals surface area contributed by atoms with Gasteiger partial charge in [-0.3, -0.25) is 9.79 Å². The summed E-state index contributed by atoms with van der Waals surface area (Å²) in [6.07, 6.45) is 4.11. The average molecular weight is 386 g/mol. The molecule has 0 aromatic heterocycles. The van der Waals surface area contributed by atoms with Gasteiger partial charge in [-0.2, -0.15) is 0 Å². The molecule has 6 heteroatoms. The first kappa shape index (κ1) is 20.5. The third-order valence-corrected chi connectivity index (χ3v) is 5.95. The summed E-state index contributed by atoms with van der Waals surface area (Å²) >= 11 is 0. The average Bonchev–Trinajstić information content (AvgIpc) is 3.20. The van der Waals surface area contributed by atoms with Gasteiger partial charge in [0.15, 0.2) is 5.96 Å². The molecule has 1 unspecified atom stereocenters. The fourth-order valence-corrected chi connectivity index (χ4v) is 3.99. The molecule has 1 atom stereocenters. The predicted octanol–water partition coefficient (Wildman–Crippen LogP) is 2.60. The van der Waals surface area contributed by atoms with Crippen LogP contribution in [0.25, 0.3) is 0 Å². The number of nitrogens with one attached hydrogen (secondary N) is 2. The van der Waals surface area contributed by atoms with Crippen molar-refractivity contribution in [1.82, 2.24) is 15.5 Å². The molecule has 0 bridgehead atoms. The summed E-state index contributed by atoms with van der Waals surface area (Å²) < 4.78 is 0. The lowest BCUT2D eigenvalue weighted by Crippen LogP contribution is -2.44. The van der Waals surface area contributed by atoms with Crippen molar-refractivity contribution in [2.24, 2.45) is 10.9 Å². The normalized spacial score (nSPS) is 21.1. The summed E-state index contributed by atoms with van der Waals surface area (Å²) in [5.74, 6) is 1.88. The molecule has 1 amide bonds. The SMILES string of the molecule is CCC(=O)N1CCC(NC(=NC)NCc2ccc(N3CCC(C)CC3)cc2)C1. The number of anilines is 1. The van der Waals surface area contributed by atoms with Crippen molar-refractivity contribution >= 4 is 17.6 Å². The van der Waals surface area contributed by atoms with E-state index < -0.39 is 0 Å². The number of rotatable bonds is 5. The fourth-order valence-electron chi connectivity index (χ4n) is 3.99. The van der Waals surface area contributed by atoms with Gasteiger partial charge in [0.2, 0.25) is 5.91 Å². The van der Waals surface area contributed by atoms with Crippen LogP contribution >= 0.6 is 0 Å². The van der Waals surface area contributed by atoms with Crippen LogP contribution in [0.15, 0.2) is 29.3 Å². The molecule has 6 nitrogen and oxygen atoms in total. The number of hydrogen-bond donors (Lipinski definition) is 2. The smallest absolute Gasteiger partial charge is 0.222 e. The molecule has 2 fully saturated rings. The number of likely N-dealkylation sites (tertiary alicyclic amines) is 1. The highest BCUT2D eigenvalue weighted by atomic mass is 16.2. The molecule has 1 aromatic rings. The van der Waals surface area contributed by atoms with E-state index in [9.17, 15) is 4.79 Å². The molecular formula is C22H35N5O. The maximum Gasteiger partial charge on any atom is 0.222 e. The quantitative estimate of drug-likeness (QED) is 0.604. The lowest BCUT2D eigenvalue weighted by Gasteiger charge is -2.32. The van der Waals surface area contributed by atoms with Gasteiger partial charge < -0.3 is 20.4 Å². The molecule has 2 aliphatic heterocycles. The topological polar surface area (TPSA) is 60.0 Å². The van der Waals surface area contributed by atoms with Gasteiger partial charge in [-0.25, -0.2) is 0 Å². The van der Waals surface area contributed by atoms with E-state index in [-0.39, 0.29) is 11.9 Å². The molecule has 2 heterocycles. The number of carbonyl (C=O) groups excluding carboxylic acids is 1. The first-order valence-electron chi connectivity index (χ1n) is 10.7. The molecule has 3 rings (SSSR count). The maximum absolute atomic E-state index is 11.8. The predicted molar refractivity (Wildman–Crippen MR) is 116 cm³/mol. The lowest BCUT2D eigenvalue weighted by atomic mass is 9.99. The van der Waals surface area contributed by atoms with E-state index in [1.807, 2.05) is 11.8 Å². The minimum Gasteiger partial charge on any atom is -0.372 e. The second-order valence-corrected chi connectivity index (χ2v) is 8.09. The standard InChI is InChI=1S/C22H35N5O/c1-4-21(28)27-14-11-19(16-27)25-22(23-3)24-15-18-5-7-20(8-6-18)26-12-9-17(2)10-13-26/h5-8,17,19H,4,9-16H2,1-3H3,(H2,23,24,25). The molecule has 154 valence electrons. The molecule has 2 saturated heterocycles. The molecule has 0 aliphatic carbocycles. The Morgan fingerprint density at radius 1 is 1.14 bits per heavy atom. The van der Waals surface area contributed by atoms with E-state index in [0.717, 1.165) is 51.0 Å². The monoisotopic (exact) mass is 385 g/mol. The molecule has 0 saturated carbocycles. The van der Waals surface area contributed by atoms with E-state index in [1.54, 1.807) is 7.05 Å². The molecule has 0 spiro atoms. The number of guanidine groups is 1. The first-order chi connectivity index (χ1) is 13.6. The number of aliphatic imine (C=N–C) groups is 1. The summed E-state index contributed by atoms with van der Waals surface area (Å²) in [4.78, 5) is 20.6. The summed E-state index contributed by atoms with van der Waals surface area (Å²) in [7, 11) is 1.79. The zero-order valence-corrected chi connectivity index (χ0v) is 17.6. The zero-order chi connectivity index (χ0) is 19.9. The summed E-state index contributed by atoms with van der Waals surface area (Å²) in [6, 6.07) is 9.13. The highest BCUT2D eigenvalue weighted by molar-refractivity contribution is 5.80. The Morgan fingerprint density at radius 2 is 1.86 bits per heavy atom. The van der Waals surface area contributed by atoms with Crippen LogP contribution in [-0.2, 0) is 11.3 Å². The second kappa shape index (κ2) is 9.80. The highest BCUT2D eigenvalue weighted by Crippen LogP contribution is 2.23. The van der Waals surface area contributed by atoms with Crippen LogP contribution in [0, 0.1) is 5.92 Å². The Balaban J connectivity index is 1.45. The maximum atomic E-state index is 11.8. The zero-order valence-electron chi connectivity index (χ0n) is 17.6. The van der Waals surface area contributed by atoms with Gasteiger partial charge in [-0.05, 0) is 42.9 Å². The van der Waals surface area contributed by atoms with Crippen molar-refractivity contribution in [1.29, 1.82) is 0 Å². The van der Waals surface area contributed by atoms with E-state index in [2.05, 4.69) is 51.7 Å². The van der Waals surface area contributed by atoms with E-state index >= 15 is 0 Å². The Morgan fingerprint density at radius 3 is 2.50 bits per heavy atom. The van der Waals surface area contributed by atoms with Crippen LogP contribution in [0.2, 0.25) is 0 Å². The molecule has 1 aromatic carbocycles. The van der Waals surface area contributed by atoms with E-state index in [1.165, 1.54) is 24.1 Å². The lowest BCUT2D eigenvalue weighted by molar-refractivity contribution is -0.129. The van der Waals surface area contributed by atoms with Crippen molar-refractivity contribution in [3.05, 3.63) is 29.8 Å². The van der Waals surface area contributed by atoms with Crippen LogP contribution in [0.3, 0.4) is 0 Å². The van der Waals surface area contributed by atoms with Crippen molar-refractivity contribution in [3.8, 4) is 0 Å². The minimum atomic E-state index is 0.232. The largest absolute Gasteiger partial charge is 0.372 e. The van der Waals surface area contributed by atoms with Gasteiger partial charge in [0, 0.05) is 57.9 Å². The Labute approximate surface area is 169 Å². The summed E-state index contributed by atoms with van der Waals surface area (Å²) in [5, 5.41) is 6.85. The van der Waals surface area contributed by atoms with Crippen LogP contribution < -0.4 is 15.5 Å². The summed E-state index contributed by atoms with van der Waals surface area (Å²) in [6.45, 7) is 8.91. The van der Waals surface area contributed by atoms with Crippen molar-refractivity contribution in [3.63, 3.8) is 0 Å². The van der Waals surface area contributed by atoms with Crippen LogP contribution in [0.1, 0.15) is 45.1 Å². The van der Waals surface area contributed by atoms with Gasteiger partial charge in [0.25, 0.3) is 0 Å². The molecule has 2 aliphatic rings. The van der Waals surface area contributed by atoms with Gasteiger partial charge in [-0.1, -0.05) is 26.0 Å². The van der Waals surface area contributed by atoms with Gasteiger partial charge >= 0.3 is 0 Å². The number of amides is 1. The van der Waals surface area contributed by atoms with Gasteiger partial charge in [0.05, 0.1) is 0 Å². The molecule has 28 heavy (non-hydrogen) atoms. The van der Waals surface area contributed by atoms with Crippen LogP contribution in [0.5, 0.6) is 0 Å². The Hall–Kier alpha value is -2.24. The van der Waals surface area contributed by atoms with Crippen LogP contribution in [0.4, 0.5) is 5.69 Å².